The second kappa shape index (κ2) is 5.35. The highest BCUT2D eigenvalue weighted by Gasteiger charge is 2.37. The molecule has 1 unspecified atom stereocenters. The normalized spacial score (nSPS) is 21.4. The number of carbonyl (C=O) groups is 2. The van der Waals surface area contributed by atoms with Gasteiger partial charge in [0.05, 0.1) is 0 Å². The Hall–Kier alpha value is -1.32. The maximum atomic E-state index is 12.0. The Bertz CT molecular complexity index is 474. The lowest BCUT2D eigenvalue weighted by Crippen LogP contribution is -2.45. The highest BCUT2D eigenvalue weighted by Crippen LogP contribution is 2.19. The van der Waals surface area contributed by atoms with E-state index in [2.05, 4.69) is 0 Å². The fraction of sp³-hybridized carbons (Fsp3) is 0.778. The Morgan fingerprint density at radius 2 is 2.05 bits per heavy atom. The van der Waals surface area contributed by atoms with Gasteiger partial charge in [-0.1, -0.05) is 0 Å². The van der Waals surface area contributed by atoms with E-state index in [4.69, 9.17) is 0 Å². The van der Waals surface area contributed by atoms with Gasteiger partial charge in [-0.2, -0.15) is 13.2 Å². The SMILES string of the molecule is CN1CCC(C(=O)NS(=O)(=O)CC(F)(F)F)CC1=O. The van der Waals surface area contributed by atoms with Gasteiger partial charge in [-0.05, 0) is 6.42 Å². The number of likely N-dealkylation sites (tertiary alicyclic amines) is 1. The first-order chi connectivity index (χ1) is 8.50. The van der Waals surface area contributed by atoms with Gasteiger partial charge in [0.1, 0.15) is 0 Å². The lowest BCUT2D eigenvalue weighted by atomic mass is 9.96. The first kappa shape index (κ1) is 15.7. The first-order valence-corrected chi connectivity index (χ1v) is 7.00. The zero-order valence-corrected chi connectivity index (χ0v) is 10.8. The molecule has 1 rings (SSSR count). The average Bonchev–Trinajstić information content (AvgIpc) is 2.17. The van der Waals surface area contributed by atoms with Crippen LogP contribution in [0, 0.1) is 5.92 Å². The molecule has 0 aliphatic carbocycles. The minimum atomic E-state index is -4.92. The van der Waals surface area contributed by atoms with Crippen LogP contribution < -0.4 is 4.72 Å². The van der Waals surface area contributed by atoms with Gasteiger partial charge in [0.15, 0.2) is 5.75 Å². The summed E-state index contributed by atoms with van der Waals surface area (Å²) in [7, 11) is -3.24. The molecule has 10 heteroatoms. The van der Waals surface area contributed by atoms with Crippen molar-refractivity contribution in [2.75, 3.05) is 19.3 Å². The summed E-state index contributed by atoms with van der Waals surface area (Å²) in [5, 5.41) is 0. The number of piperidine rings is 1. The summed E-state index contributed by atoms with van der Waals surface area (Å²) in [4.78, 5) is 24.2. The van der Waals surface area contributed by atoms with E-state index in [0.29, 0.717) is 0 Å². The summed E-state index contributed by atoms with van der Waals surface area (Å²) in [6.45, 7) is 0.260. The lowest BCUT2D eigenvalue weighted by molar-refractivity contribution is -0.138. The molecule has 1 atom stereocenters. The van der Waals surface area contributed by atoms with Crippen LogP contribution in [-0.4, -0.2) is 50.7 Å². The number of alkyl halides is 3. The molecule has 0 saturated carbocycles. The van der Waals surface area contributed by atoms with Gasteiger partial charge < -0.3 is 4.90 Å². The van der Waals surface area contributed by atoms with Gasteiger partial charge in [-0.3, -0.25) is 14.3 Å². The molecule has 1 N–H and O–H groups in total. The summed E-state index contributed by atoms with van der Waals surface area (Å²) in [5.74, 6) is -4.44. The van der Waals surface area contributed by atoms with E-state index in [9.17, 15) is 31.2 Å². The average molecular weight is 302 g/mol. The fourth-order valence-electron chi connectivity index (χ4n) is 1.65. The molecule has 1 heterocycles. The molecule has 0 spiro atoms. The summed E-state index contributed by atoms with van der Waals surface area (Å²) >= 11 is 0. The molecule has 0 aromatic rings. The van der Waals surface area contributed by atoms with Gasteiger partial charge in [-0.25, -0.2) is 8.42 Å². The Labute approximate surface area is 108 Å². The highest BCUT2D eigenvalue weighted by molar-refractivity contribution is 7.90. The molecule has 19 heavy (non-hydrogen) atoms. The van der Waals surface area contributed by atoms with Crippen LogP contribution in [-0.2, 0) is 19.6 Å². The third-order valence-corrected chi connectivity index (χ3v) is 3.86. The monoisotopic (exact) mass is 302 g/mol. The van der Waals surface area contributed by atoms with Crippen LogP contribution in [0.3, 0.4) is 0 Å². The predicted molar refractivity (Wildman–Crippen MR) is 58.3 cm³/mol. The third kappa shape index (κ3) is 5.05. The van der Waals surface area contributed by atoms with Gasteiger partial charge in [0.25, 0.3) is 0 Å². The zero-order chi connectivity index (χ0) is 14.8. The number of carbonyl (C=O) groups excluding carboxylic acids is 2. The number of rotatable bonds is 3. The molecule has 0 bridgehead atoms. The van der Waals surface area contributed by atoms with E-state index in [1.165, 1.54) is 16.7 Å². The van der Waals surface area contributed by atoms with Crippen molar-refractivity contribution in [1.82, 2.24) is 9.62 Å². The Morgan fingerprint density at radius 1 is 1.47 bits per heavy atom. The van der Waals surface area contributed by atoms with Crippen molar-refractivity contribution in [3.8, 4) is 0 Å². The van der Waals surface area contributed by atoms with E-state index in [1.807, 2.05) is 0 Å². The largest absolute Gasteiger partial charge is 0.404 e. The Balaban J connectivity index is 2.63. The Morgan fingerprint density at radius 3 is 2.53 bits per heavy atom. The number of hydrogen-bond acceptors (Lipinski definition) is 4. The van der Waals surface area contributed by atoms with Gasteiger partial charge in [0.2, 0.25) is 21.8 Å². The van der Waals surface area contributed by atoms with Crippen molar-refractivity contribution in [3.05, 3.63) is 0 Å². The topological polar surface area (TPSA) is 83.6 Å². The van der Waals surface area contributed by atoms with Crippen LogP contribution in [0.1, 0.15) is 12.8 Å². The number of halogens is 3. The molecule has 0 aromatic carbocycles. The highest BCUT2D eigenvalue weighted by atomic mass is 32.2. The van der Waals surface area contributed by atoms with Crippen LogP contribution in [0.4, 0.5) is 13.2 Å². The maximum absolute atomic E-state index is 12.0. The van der Waals surface area contributed by atoms with Gasteiger partial charge in [-0.15, -0.1) is 0 Å². The minimum absolute atomic E-state index is 0.204. The minimum Gasteiger partial charge on any atom is -0.346 e. The number of nitrogens with zero attached hydrogens (tertiary/aromatic N) is 1. The molecule has 110 valence electrons. The summed E-state index contributed by atoms with van der Waals surface area (Å²) in [6.07, 6.45) is -4.91. The Kier molecular flexibility index (Phi) is 4.43. The molecule has 6 nitrogen and oxygen atoms in total. The second-order valence-corrected chi connectivity index (χ2v) is 6.07. The standard InChI is InChI=1S/C9H13F3N2O4S/c1-14-3-2-6(4-7(14)15)8(16)13-19(17,18)5-9(10,11)12/h6H,2-5H2,1H3,(H,13,16). The van der Waals surface area contributed by atoms with Crippen LogP contribution in [0.5, 0.6) is 0 Å². The smallest absolute Gasteiger partial charge is 0.346 e. The van der Waals surface area contributed by atoms with Crippen LogP contribution in [0.15, 0.2) is 0 Å². The van der Waals surface area contributed by atoms with E-state index in [0.717, 1.165) is 0 Å². The molecule has 1 saturated heterocycles. The summed E-state index contributed by atoms with van der Waals surface area (Å²) in [6, 6.07) is 0. The molecule has 1 fully saturated rings. The van der Waals surface area contributed by atoms with Crippen molar-refractivity contribution < 1.29 is 31.2 Å². The van der Waals surface area contributed by atoms with E-state index in [1.54, 1.807) is 0 Å². The van der Waals surface area contributed by atoms with Crippen molar-refractivity contribution >= 4 is 21.8 Å². The molecular weight excluding hydrogens is 289 g/mol. The van der Waals surface area contributed by atoms with Crippen molar-refractivity contribution in [3.63, 3.8) is 0 Å². The van der Waals surface area contributed by atoms with Crippen molar-refractivity contribution in [2.24, 2.45) is 5.92 Å². The maximum Gasteiger partial charge on any atom is 0.404 e. The molecule has 2 amide bonds. The summed E-state index contributed by atoms with van der Waals surface area (Å²) < 4.78 is 59.5. The number of nitrogens with one attached hydrogen (secondary N) is 1. The number of sulfonamides is 1. The van der Waals surface area contributed by atoms with Gasteiger partial charge >= 0.3 is 6.18 Å². The summed E-state index contributed by atoms with van der Waals surface area (Å²) in [5.41, 5.74) is 0. The lowest BCUT2D eigenvalue weighted by Gasteiger charge is -2.27. The van der Waals surface area contributed by atoms with Crippen LogP contribution >= 0.6 is 0 Å². The first-order valence-electron chi connectivity index (χ1n) is 5.35. The molecule has 0 radical (unpaired) electrons. The zero-order valence-electron chi connectivity index (χ0n) is 10.0. The molecule has 0 aromatic heterocycles. The fourth-order valence-corrected chi connectivity index (χ4v) is 2.63. The number of amides is 2. The van der Waals surface area contributed by atoms with Crippen molar-refractivity contribution in [1.29, 1.82) is 0 Å². The molecular formula is C9H13F3N2O4S. The van der Waals surface area contributed by atoms with Crippen LogP contribution in [0.25, 0.3) is 0 Å². The van der Waals surface area contributed by atoms with E-state index >= 15 is 0 Å². The van der Waals surface area contributed by atoms with E-state index < -0.39 is 33.8 Å². The molecule has 1 aliphatic heterocycles. The predicted octanol–water partition coefficient (Wildman–Crippen LogP) is -0.137. The van der Waals surface area contributed by atoms with Crippen molar-refractivity contribution in [2.45, 2.75) is 19.0 Å². The van der Waals surface area contributed by atoms with Crippen LogP contribution in [0.2, 0.25) is 0 Å². The second-order valence-electron chi connectivity index (χ2n) is 4.35. The third-order valence-electron chi connectivity index (χ3n) is 2.64. The molecule has 1 aliphatic rings. The quantitative estimate of drug-likeness (QED) is 0.787. The number of hydrogen-bond donors (Lipinski definition) is 1. The van der Waals surface area contributed by atoms with E-state index in [-0.39, 0.29) is 25.3 Å². The van der Waals surface area contributed by atoms with Gasteiger partial charge in [0, 0.05) is 25.9 Å².